The summed E-state index contributed by atoms with van der Waals surface area (Å²) in [4.78, 5) is 13.2. The molecule has 0 aliphatic heterocycles. The fourth-order valence-electron chi connectivity index (χ4n) is 3.64. The summed E-state index contributed by atoms with van der Waals surface area (Å²) in [5.74, 6) is -0.212. The largest absolute Gasteiger partial charge is 0.755 e. The van der Waals surface area contributed by atoms with Gasteiger partial charge in [0.1, 0.15) is 5.69 Å². The Morgan fingerprint density at radius 3 is 2.56 bits per heavy atom. The summed E-state index contributed by atoms with van der Waals surface area (Å²) in [5.41, 5.74) is 2.86. The fourth-order valence-corrected chi connectivity index (χ4v) is 5.31. The van der Waals surface area contributed by atoms with E-state index >= 15 is 0 Å². The fraction of sp³-hybridized carbons (Fsp3) is 0.160. The van der Waals surface area contributed by atoms with Gasteiger partial charge in [-0.15, -0.1) is 0 Å². The Morgan fingerprint density at radius 2 is 1.86 bits per heavy atom. The van der Waals surface area contributed by atoms with E-state index in [-0.39, 0.29) is 23.0 Å². The highest BCUT2D eigenvalue weighted by Gasteiger charge is 2.25. The van der Waals surface area contributed by atoms with Crippen LogP contribution in [0, 0.1) is 0 Å². The zero-order chi connectivity index (χ0) is 25.7. The van der Waals surface area contributed by atoms with Gasteiger partial charge in [-0.1, -0.05) is 76.9 Å². The molecule has 4 rings (SSSR count). The van der Waals surface area contributed by atoms with Crippen molar-refractivity contribution in [3.8, 4) is 0 Å². The first-order valence-corrected chi connectivity index (χ1v) is 13.8. The minimum absolute atomic E-state index is 0.0232. The van der Waals surface area contributed by atoms with Crippen molar-refractivity contribution in [2.24, 2.45) is 0 Å². The number of carbonyl (C=O) groups is 1. The van der Waals surface area contributed by atoms with E-state index in [2.05, 4.69) is 30.0 Å². The molecule has 1 aromatic heterocycles. The van der Waals surface area contributed by atoms with Crippen molar-refractivity contribution in [1.82, 2.24) is 14.1 Å². The van der Waals surface area contributed by atoms with Crippen LogP contribution in [0.15, 0.2) is 77.3 Å². The number of anilines is 2. The van der Waals surface area contributed by atoms with E-state index in [1.807, 2.05) is 49.4 Å². The van der Waals surface area contributed by atoms with Gasteiger partial charge in [0.05, 0.1) is 34.2 Å². The van der Waals surface area contributed by atoms with Crippen molar-refractivity contribution in [1.29, 1.82) is 0 Å². The molecule has 1 heterocycles. The highest BCUT2D eigenvalue weighted by molar-refractivity contribution is 9.10. The Labute approximate surface area is 229 Å². The molecular formula is C25H21BrClN4O3S2-. The van der Waals surface area contributed by atoms with Crippen LogP contribution in [-0.4, -0.2) is 30.0 Å². The molecule has 0 spiro atoms. The SMILES string of the molecule is CC(CNC(=O)c1ccc(Br)cc1N(c1nsnc1Cc1ccccc1)S(=O)[O-])c1ccc(Cl)cc1. The Hall–Kier alpha value is -2.63. The lowest BCUT2D eigenvalue weighted by Crippen LogP contribution is -2.30. The van der Waals surface area contributed by atoms with Gasteiger partial charge in [0.15, 0.2) is 5.82 Å². The number of aromatic nitrogens is 2. The van der Waals surface area contributed by atoms with Crippen LogP contribution in [0.4, 0.5) is 11.5 Å². The molecule has 0 radical (unpaired) electrons. The van der Waals surface area contributed by atoms with E-state index in [1.165, 1.54) is 0 Å². The number of amides is 1. The van der Waals surface area contributed by atoms with E-state index in [9.17, 15) is 13.6 Å². The summed E-state index contributed by atoms with van der Waals surface area (Å²) < 4.78 is 35.2. The molecule has 2 atom stereocenters. The van der Waals surface area contributed by atoms with Gasteiger partial charge >= 0.3 is 0 Å². The predicted octanol–water partition coefficient (Wildman–Crippen LogP) is 6.01. The average Bonchev–Trinajstić information content (AvgIpc) is 3.30. The summed E-state index contributed by atoms with van der Waals surface area (Å²) >= 11 is 7.53. The Kier molecular flexibility index (Phi) is 8.86. The first-order chi connectivity index (χ1) is 17.3. The number of hydrogen-bond donors (Lipinski definition) is 1. The van der Waals surface area contributed by atoms with Crippen LogP contribution >= 0.6 is 39.3 Å². The zero-order valence-electron chi connectivity index (χ0n) is 19.1. The third kappa shape index (κ3) is 6.37. The van der Waals surface area contributed by atoms with Gasteiger partial charge in [-0.25, -0.2) is 0 Å². The van der Waals surface area contributed by atoms with Gasteiger partial charge in [0.25, 0.3) is 5.91 Å². The third-order valence-electron chi connectivity index (χ3n) is 5.52. The van der Waals surface area contributed by atoms with E-state index < -0.39 is 17.2 Å². The van der Waals surface area contributed by atoms with Crippen molar-refractivity contribution in [2.75, 3.05) is 10.8 Å². The minimum atomic E-state index is -2.76. The molecule has 7 nitrogen and oxygen atoms in total. The van der Waals surface area contributed by atoms with Gasteiger partial charge in [0, 0.05) is 22.5 Å². The summed E-state index contributed by atoms with van der Waals surface area (Å²) in [5, 5.41) is 3.56. The molecule has 4 aromatic rings. The Morgan fingerprint density at radius 1 is 1.14 bits per heavy atom. The van der Waals surface area contributed by atoms with Crippen LogP contribution in [0.3, 0.4) is 0 Å². The molecule has 0 aliphatic carbocycles. The summed E-state index contributed by atoms with van der Waals surface area (Å²) in [7, 11) is 0. The summed E-state index contributed by atoms with van der Waals surface area (Å²) in [6, 6.07) is 21.9. The monoisotopic (exact) mass is 603 g/mol. The van der Waals surface area contributed by atoms with E-state index in [0.29, 0.717) is 28.2 Å². The van der Waals surface area contributed by atoms with Crippen LogP contribution in [0.5, 0.6) is 0 Å². The molecule has 0 fully saturated rings. The number of nitrogens with zero attached hydrogens (tertiary/aromatic N) is 3. The smallest absolute Gasteiger partial charge is 0.253 e. The van der Waals surface area contributed by atoms with E-state index in [4.69, 9.17) is 11.6 Å². The normalized spacial score (nSPS) is 12.7. The number of rotatable bonds is 9. The molecule has 0 saturated carbocycles. The second-order valence-corrected chi connectivity index (χ2v) is 10.7. The summed E-state index contributed by atoms with van der Waals surface area (Å²) in [6.45, 7) is 2.34. The molecule has 1 N–H and O–H groups in total. The highest BCUT2D eigenvalue weighted by atomic mass is 79.9. The Bertz CT molecular complexity index is 1370. The number of nitrogens with one attached hydrogen (secondary N) is 1. The maximum absolute atomic E-state index is 13.2. The first-order valence-electron chi connectivity index (χ1n) is 10.9. The van der Waals surface area contributed by atoms with E-state index in [0.717, 1.165) is 27.2 Å². The zero-order valence-corrected chi connectivity index (χ0v) is 23.0. The second kappa shape index (κ2) is 12.1. The molecule has 0 aliphatic rings. The van der Waals surface area contributed by atoms with Crippen LogP contribution in [-0.2, 0) is 17.7 Å². The highest BCUT2D eigenvalue weighted by Crippen LogP contribution is 2.34. The predicted molar refractivity (Wildman–Crippen MR) is 147 cm³/mol. The maximum atomic E-state index is 13.2. The molecule has 1 amide bonds. The number of hydrogen-bond acceptors (Lipinski definition) is 6. The molecule has 186 valence electrons. The summed E-state index contributed by atoms with van der Waals surface area (Å²) in [6.07, 6.45) is 0.397. The molecule has 2 unspecified atom stereocenters. The maximum Gasteiger partial charge on any atom is 0.253 e. The van der Waals surface area contributed by atoms with E-state index in [1.54, 1.807) is 30.3 Å². The quantitative estimate of drug-likeness (QED) is 0.236. The number of benzene rings is 3. The van der Waals surface area contributed by atoms with Crippen LogP contribution in [0.1, 0.15) is 40.0 Å². The third-order valence-corrected chi connectivity index (χ3v) is 7.49. The van der Waals surface area contributed by atoms with Crippen molar-refractivity contribution in [2.45, 2.75) is 19.3 Å². The minimum Gasteiger partial charge on any atom is -0.755 e. The first kappa shape index (κ1) is 26.4. The standard InChI is InChI=1S/C25H22BrClN4O3S2/c1-16(18-7-10-20(27)11-8-18)15-28-25(32)21-12-9-19(26)14-23(21)31(36(33)34)24-22(29-35-30-24)13-17-5-3-2-4-6-17/h2-12,14,16H,13,15H2,1H3,(H,28,32)(H,33,34)/p-1. The van der Waals surface area contributed by atoms with Crippen LogP contribution in [0.25, 0.3) is 0 Å². The van der Waals surface area contributed by atoms with Gasteiger partial charge < -0.3 is 9.87 Å². The lowest BCUT2D eigenvalue weighted by atomic mass is 10.0. The van der Waals surface area contributed by atoms with Crippen LogP contribution < -0.4 is 9.62 Å². The lowest BCUT2D eigenvalue weighted by molar-refractivity contribution is 0.0952. The molecule has 3 aromatic carbocycles. The molecular weight excluding hydrogens is 584 g/mol. The van der Waals surface area contributed by atoms with Gasteiger partial charge in [-0.05, 0) is 47.4 Å². The van der Waals surface area contributed by atoms with Gasteiger partial charge in [-0.2, -0.15) is 8.75 Å². The van der Waals surface area contributed by atoms with Crippen molar-refractivity contribution < 1.29 is 13.6 Å². The molecule has 11 heteroatoms. The number of halogens is 2. The molecule has 0 bridgehead atoms. The van der Waals surface area contributed by atoms with Crippen molar-refractivity contribution >= 4 is 67.9 Å². The van der Waals surface area contributed by atoms with Gasteiger partial charge in [0.2, 0.25) is 0 Å². The van der Waals surface area contributed by atoms with Crippen molar-refractivity contribution in [3.05, 3.63) is 105 Å². The lowest BCUT2D eigenvalue weighted by Gasteiger charge is -2.27. The second-order valence-electron chi connectivity index (χ2n) is 8.03. The van der Waals surface area contributed by atoms with Crippen molar-refractivity contribution in [3.63, 3.8) is 0 Å². The van der Waals surface area contributed by atoms with Crippen LogP contribution in [0.2, 0.25) is 5.02 Å². The van der Waals surface area contributed by atoms with Gasteiger partial charge in [-0.3, -0.25) is 13.3 Å². The molecule has 36 heavy (non-hydrogen) atoms. The Balaban J connectivity index is 1.62. The molecule has 0 saturated heterocycles. The topological polar surface area (TPSA) is 98.2 Å². The average molecular weight is 605 g/mol. The number of carbonyl (C=O) groups excluding carboxylic acids is 1.